The molecule has 1 fully saturated rings. The van der Waals surface area contributed by atoms with E-state index in [-0.39, 0.29) is 17.7 Å². The first-order valence-electron chi connectivity index (χ1n) is 19.4. The predicted molar refractivity (Wildman–Crippen MR) is 222 cm³/mol. The molecule has 3 amide bonds. The first-order valence-corrected chi connectivity index (χ1v) is 19.4. The van der Waals surface area contributed by atoms with Crippen molar-refractivity contribution in [1.82, 2.24) is 20.2 Å². The van der Waals surface area contributed by atoms with E-state index in [0.29, 0.717) is 30.0 Å². The monoisotopic (exact) mass is 731 g/mol. The Morgan fingerprint density at radius 1 is 0.889 bits per heavy atom. The summed E-state index contributed by atoms with van der Waals surface area (Å²) in [5.74, 6) is -0.0855. The number of carbonyl (C=O) groups excluding carboxylic acids is 3. The molecule has 2 aliphatic rings. The number of nitrogens with two attached hydrogens (primary N) is 1. The number of H-pyrrole nitrogens is 1. The highest BCUT2D eigenvalue weighted by atomic mass is 16.2. The summed E-state index contributed by atoms with van der Waals surface area (Å²) in [5, 5.41) is 12.1. The third-order valence-corrected chi connectivity index (χ3v) is 9.17. The second-order valence-electron chi connectivity index (χ2n) is 13.6. The summed E-state index contributed by atoms with van der Waals surface area (Å²) in [6.07, 6.45) is 44.9. The van der Waals surface area contributed by atoms with E-state index in [0.717, 1.165) is 85.5 Å². The molecule has 10 nitrogen and oxygen atoms in total. The molecule has 2 aromatic heterocycles. The first-order chi connectivity index (χ1) is 26.4. The van der Waals surface area contributed by atoms with Gasteiger partial charge in [0.25, 0.3) is 5.91 Å². The van der Waals surface area contributed by atoms with Crippen LogP contribution in [0.5, 0.6) is 0 Å². The van der Waals surface area contributed by atoms with E-state index in [4.69, 9.17) is 5.73 Å². The van der Waals surface area contributed by atoms with Gasteiger partial charge in [0.15, 0.2) is 0 Å². The Bertz CT molecular complexity index is 1880. The lowest BCUT2D eigenvalue weighted by Crippen LogP contribution is -2.19. The number of hydrazone groups is 1. The molecule has 3 aromatic rings. The van der Waals surface area contributed by atoms with Crippen LogP contribution in [0.1, 0.15) is 113 Å². The molecule has 5 rings (SSSR count). The van der Waals surface area contributed by atoms with E-state index in [1.54, 1.807) is 23.2 Å². The number of aromatic amines is 1. The molecule has 0 spiro atoms. The van der Waals surface area contributed by atoms with Gasteiger partial charge in [0, 0.05) is 53.8 Å². The Hall–Kier alpha value is -5.51. The van der Waals surface area contributed by atoms with E-state index in [2.05, 4.69) is 99.7 Å². The molecule has 5 N–H and O–H groups in total. The van der Waals surface area contributed by atoms with Crippen LogP contribution in [0.25, 0.3) is 22.2 Å². The van der Waals surface area contributed by atoms with Crippen LogP contribution in [-0.4, -0.2) is 38.7 Å². The van der Waals surface area contributed by atoms with Gasteiger partial charge in [0.1, 0.15) is 0 Å². The van der Waals surface area contributed by atoms with Gasteiger partial charge in [0.05, 0.1) is 23.7 Å². The standard InChI is InChI=1S/C22H24N6O2.C22H33NO/c1-28-12-14(10-24-28)21-17-11-23-27-22(30)16-8-15(9-18(26-21)20(16)17)25-19(29)7-13-5-3-2-4-6-13;1-2-3-4-5-6-7-8-9-10-11-12-13-14-15-16-17-18-19-20-21-22(23)24/h8-13,26H,2-7H2,1H3,(H,25,29)(H,27,30);3-4,6-7,9-10,12-13,15-16,18-19H,2,5,8,11,14,17,20-21H2,1H3,(H2,23,24)/b;4-3-,7-6-,10-9-,13-12-,16-15-,19-18-. The molecule has 1 aliphatic heterocycles. The van der Waals surface area contributed by atoms with Crippen molar-refractivity contribution in [2.24, 2.45) is 23.8 Å². The fourth-order valence-electron chi connectivity index (χ4n) is 6.46. The Morgan fingerprint density at radius 3 is 2.07 bits per heavy atom. The number of carbonyl (C=O) groups is 3. The summed E-state index contributed by atoms with van der Waals surface area (Å²) < 4.78 is 1.72. The van der Waals surface area contributed by atoms with Crippen molar-refractivity contribution in [2.45, 2.75) is 96.8 Å². The van der Waals surface area contributed by atoms with Crippen LogP contribution in [-0.2, 0) is 16.6 Å². The number of rotatable bonds is 18. The Balaban J connectivity index is 0.000000249. The summed E-state index contributed by atoms with van der Waals surface area (Å²) in [6, 6.07) is 3.61. The van der Waals surface area contributed by atoms with Crippen molar-refractivity contribution in [2.75, 3.05) is 5.32 Å². The lowest BCUT2D eigenvalue weighted by atomic mass is 9.87. The maximum atomic E-state index is 12.6. The average Bonchev–Trinajstić information content (AvgIpc) is 3.70. The minimum atomic E-state index is -0.296. The van der Waals surface area contributed by atoms with Crippen molar-refractivity contribution >= 4 is 40.5 Å². The van der Waals surface area contributed by atoms with E-state index in [1.165, 1.54) is 19.3 Å². The molecule has 0 atom stereocenters. The van der Waals surface area contributed by atoms with Gasteiger partial charge in [0.2, 0.25) is 11.8 Å². The van der Waals surface area contributed by atoms with Crippen molar-refractivity contribution in [1.29, 1.82) is 0 Å². The van der Waals surface area contributed by atoms with Gasteiger partial charge in [-0.25, -0.2) is 5.43 Å². The molecule has 1 saturated carbocycles. The van der Waals surface area contributed by atoms with E-state index < -0.39 is 0 Å². The molecule has 1 aliphatic carbocycles. The van der Waals surface area contributed by atoms with Crippen molar-refractivity contribution < 1.29 is 14.4 Å². The highest BCUT2D eigenvalue weighted by Gasteiger charge is 2.23. The average molecular weight is 732 g/mol. The number of aryl methyl sites for hydroxylation is 1. The Kier molecular flexibility index (Phi) is 17.7. The second kappa shape index (κ2) is 23.2. The summed E-state index contributed by atoms with van der Waals surface area (Å²) in [7, 11) is 1.86. The van der Waals surface area contributed by atoms with Crippen molar-refractivity contribution in [3.63, 3.8) is 0 Å². The van der Waals surface area contributed by atoms with Gasteiger partial charge in [-0.3, -0.25) is 19.1 Å². The van der Waals surface area contributed by atoms with Crippen LogP contribution in [0.2, 0.25) is 0 Å². The Morgan fingerprint density at radius 2 is 1.50 bits per heavy atom. The van der Waals surface area contributed by atoms with Crippen LogP contribution in [0, 0.1) is 5.92 Å². The van der Waals surface area contributed by atoms with Crippen LogP contribution in [0.4, 0.5) is 5.69 Å². The SMILES string of the molecule is CC/C=C\C/C=C\C/C=C\C/C=C\C/C=C\C/C=C\CCC(N)=O.Cn1cc(-c2[nH]c3cc(NC(=O)CC4CCCCC4)cc4c3c2C=NNC4=O)cn1. The molecular formula is C44H57N7O3. The van der Waals surface area contributed by atoms with Gasteiger partial charge in [-0.15, -0.1) is 0 Å². The summed E-state index contributed by atoms with van der Waals surface area (Å²) in [6.45, 7) is 2.15. The number of aromatic nitrogens is 3. The topological polar surface area (TPSA) is 147 Å². The number of nitrogens with one attached hydrogen (secondary N) is 3. The number of amides is 3. The third kappa shape index (κ3) is 14.1. The second-order valence-corrected chi connectivity index (χ2v) is 13.6. The van der Waals surface area contributed by atoms with Gasteiger partial charge < -0.3 is 16.0 Å². The minimum absolute atomic E-state index is 0.00186. The van der Waals surface area contributed by atoms with Crippen molar-refractivity contribution in [3.8, 4) is 11.3 Å². The highest BCUT2D eigenvalue weighted by molar-refractivity contribution is 6.18. The van der Waals surface area contributed by atoms with Gasteiger partial charge in [-0.05, 0) is 75.8 Å². The molecule has 286 valence electrons. The zero-order chi connectivity index (χ0) is 38.4. The van der Waals surface area contributed by atoms with Crippen LogP contribution in [0.3, 0.4) is 0 Å². The zero-order valence-corrected chi connectivity index (χ0v) is 31.9. The fraction of sp³-hybridized carbons (Fsp3) is 0.386. The quantitative estimate of drug-likeness (QED) is 0.0965. The summed E-state index contributed by atoms with van der Waals surface area (Å²) in [4.78, 5) is 39.2. The van der Waals surface area contributed by atoms with Gasteiger partial charge in [-0.1, -0.05) is 99.1 Å². The minimum Gasteiger partial charge on any atom is -0.370 e. The van der Waals surface area contributed by atoms with Crippen LogP contribution in [0.15, 0.2) is 103 Å². The summed E-state index contributed by atoms with van der Waals surface area (Å²) in [5.41, 5.74) is 12.1. The molecule has 10 heteroatoms. The molecule has 0 radical (unpaired) electrons. The number of allylic oxidation sites excluding steroid dienone is 12. The number of benzene rings is 1. The van der Waals surface area contributed by atoms with Gasteiger partial charge >= 0.3 is 0 Å². The molecule has 0 saturated heterocycles. The number of anilines is 1. The molecule has 0 bridgehead atoms. The van der Waals surface area contributed by atoms with Crippen LogP contribution < -0.4 is 16.5 Å². The number of nitrogens with zero attached hydrogens (tertiary/aromatic N) is 3. The van der Waals surface area contributed by atoms with E-state index in [9.17, 15) is 14.4 Å². The Labute approximate surface area is 320 Å². The maximum Gasteiger partial charge on any atom is 0.272 e. The van der Waals surface area contributed by atoms with E-state index in [1.807, 2.05) is 25.4 Å². The molecule has 1 aromatic carbocycles. The molecular weight excluding hydrogens is 675 g/mol. The molecule has 54 heavy (non-hydrogen) atoms. The largest absolute Gasteiger partial charge is 0.370 e. The lowest BCUT2D eigenvalue weighted by Gasteiger charge is -2.20. The van der Waals surface area contributed by atoms with E-state index >= 15 is 0 Å². The lowest BCUT2D eigenvalue weighted by molar-refractivity contribution is -0.118. The number of hydrogen-bond donors (Lipinski definition) is 4. The predicted octanol–water partition coefficient (Wildman–Crippen LogP) is 9.50. The van der Waals surface area contributed by atoms with Crippen LogP contribution >= 0.6 is 0 Å². The fourth-order valence-corrected chi connectivity index (χ4v) is 6.46. The normalized spacial score (nSPS) is 15.0. The maximum absolute atomic E-state index is 12.6. The first kappa shape index (κ1) is 41.2. The number of hydrogen-bond acceptors (Lipinski definition) is 5. The third-order valence-electron chi connectivity index (χ3n) is 9.17. The molecule has 3 heterocycles. The number of primary amides is 1. The zero-order valence-electron chi connectivity index (χ0n) is 31.9. The van der Waals surface area contributed by atoms with Gasteiger partial charge in [-0.2, -0.15) is 10.2 Å². The highest BCUT2D eigenvalue weighted by Crippen LogP contribution is 2.35. The molecule has 0 unspecified atom stereocenters. The smallest absolute Gasteiger partial charge is 0.272 e. The van der Waals surface area contributed by atoms with Crippen molar-refractivity contribution in [3.05, 3.63) is 109 Å². The summed E-state index contributed by atoms with van der Waals surface area (Å²) >= 11 is 0.